The molecule has 112 valence electrons. The van der Waals surface area contributed by atoms with Gasteiger partial charge in [-0.15, -0.1) is 0 Å². The van der Waals surface area contributed by atoms with E-state index in [9.17, 15) is 4.79 Å². The van der Waals surface area contributed by atoms with Crippen molar-refractivity contribution in [3.8, 4) is 0 Å². The Morgan fingerprint density at radius 1 is 1.18 bits per heavy atom. The molecule has 1 aromatic heterocycles. The van der Waals surface area contributed by atoms with Gasteiger partial charge in [-0.25, -0.2) is 0 Å². The summed E-state index contributed by atoms with van der Waals surface area (Å²) < 4.78 is 0. The van der Waals surface area contributed by atoms with Gasteiger partial charge in [-0.2, -0.15) is 0 Å². The maximum atomic E-state index is 12.3. The monoisotopic (exact) mass is 292 g/mol. The molecule has 0 unspecified atom stereocenters. The molecule has 0 bridgehead atoms. The number of aryl methyl sites for hydroxylation is 3. The number of amides is 1. The Balaban J connectivity index is 1.76. The maximum Gasteiger partial charge on any atom is 0.256 e. The summed E-state index contributed by atoms with van der Waals surface area (Å²) >= 11 is 0. The van der Waals surface area contributed by atoms with Crippen molar-refractivity contribution in [3.63, 3.8) is 0 Å². The first-order valence-electron chi connectivity index (χ1n) is 8.11. The molecule has 2 aliphatic rings. The second kappa shape index (κ2) is 5.16. The van der Waals surface area contributed by atoms with Gasteiger partial charge in [0.15, 0.2) is 0 Å². The summed E-state index contributed by atoms with van der Waals surface area (Å²) in [6.45, 7) is 2.13. The lowest BCUT2D eigenvalue weighted by Crippen LogP contribution is -2.03. The zero-order chi connectivity index (χ0) is 15.1. The molecule has 1 aliphatic carbocycles. The lowest BCUT2D eigenvalue weighted by Gasteiger charge is -2.08. The van der Waals surface area contributed by atoms with Crippen LogP contribution in [0.1, 0.15) is 47.8 Å². The number of aromatic nitrogens is 1. The molecule has 3 heteroatoms. The van der Waals surface area contributed by atoms with Gasteiger partial charge in [0.1, 0.15) is 0 Å². The van der Waals surface area contributed by atoms with Gasteiger partial charge >= 0.3 is 0 Å². The van der Waals surface area contributed by atoms with Crippen molar-refractivity contribution in [1.29, 1.82) is 0 Å². The van der Waals surface area contributed by atoms with Crippen LogP contribution in [0.3, 0.4) is 0 Å². The summed E-state index contributed by atoms with van der Waals surface area (Å²) in [6.07, 6.45) is 7.78. The van der Waals surface area contributed by atoms with Crippen molar-refractivity contribution in [1.82, 2.24) is 4.98 Å². The molecule has 0 spiro atoms. The Morgan fingerprint density at radius 2 is 2.05 bits per heavy atom. The first kappa shape index (κ1) is 13.4. The Hall–Kier alpha value is -2.29. The van der Waals surface area contributed by atoms with Gasteiger partial charge in [0.25, 0.3) is 5.91 Å². The van der Waals surface area contributed by atoms with Crippen LogP contribution in [0.5, 0.6) is 0 Å². The molecule has 3 nitrogen and oxygen atoms in total. The average Bonchev–Trinajstić information content (AvgIpc) is 3.08. The van der Waals surface area contributed by atoms with E-state index in [1.807, 2.05) is 12.1 Å². The molecule has 4 rings (SSSR count). The largest absolute Gasteiger partial charge is 0.359 e. The van der Waals surface area contributed by atoms with Crippen LogP contribution in [0.4, 0.5) is 5.69 Å². The first-order chi connectivity index (χ1) is 10.7. The standard InChI is InChI=1S/C19H20N2O/c1-2-12-7-8-18-15(9-12)16(19(22)21-18)11-14-10-13-5-3-4-6-17(13)20-14/h7-11,20H,2-6H2,1H3,(H,21,22). The summed E-state index contributed by atoms with van der Waals surface area (Å²) in [5, 5.41) is 2.96. The van der Waals surface area contributed by atoms with E-state index >= 15 is 0 Å². The molecule has 0 fully saturated rings. The maximum absolute atomic E-state index is 12.3. The van der Waals surface area contributed by atoms with Crippen LogP contribution in [-0.4, -0.2) is 10.9 Å². The molecule has 22 heavy (non-hydrogen) atoms. The molecule has 2 heterocycles. The van der Waals surface area contributed by atoms with E-state index in [0.717, 1.165) is 41.8 Å². The number of rotatable bonds is 2. The number of aromatic amines is 1. The third kappa shape index (κ3) is 2.17. The van der Waals surface area contributed by atoms with Gasteiger partial charge in [0, 0.05) is 22.6 Å². The zero-order valence-corrected chi connectivity index (χ0v) is 12.8. The molecule has 1 aromatic carbocycles. The molecule has 0 radical (unpaired) electrons. The van der Waals surface area contributed by atoms with Crippen molar-refractivity contribution in [2.45, 2.75) is 39.0 Å². The number of nitrogens with one attached hydrogen (secondary N) is 2. The van der Waals surface area contributed by atoms with Gasteiger partial charge in [0.05, 0.1) is 5.57 Å². The molecule has 2 aromatic rings. The molecule has 1 amide bonds. The molecule has 0 saturated heterocycles. The topological polar surface area (TPSA) is 44.9 Å². The number of hydrogen-bond donors (Lipinski definition) is 2. The third-order valence-electron chi connectivity index (χ3n) is 4.71. The van der Waals surface area contributed by atoms with E-state index in [4.69, 9.17) is 0 Å². The van der Waals surface area contributed by atoms with Gasteiger partial charge < -0.3 is 10.3 Å². The second-order valence-corrected chi connectivity index (χ2v) is 6.18. The zero-order valence-electron chi connectivity index (χ0n) is 12.8. The van der Waals surface area contributed by atoms with Crippen molar-refractivity contribution < 1.29 is 4.79 Å². The summed E-state index contributed by atoms with van der Waals surface area (Å²) in [6, 6.07) is 8.42. The van der Waals surface area contributed by atoms with Gasteiger partial charge in [-0.1, -0.05) is 13.0 Å². The lowest BCUT2D eigenvalue weighted by atomic mass is 9.98. The van der Waals surface area contributed by atoms with Crippen LogP contribution in [-0.2, 0) is 24.1 Å². The van der Waals surface area contributed by atoms with Gasteiger partial charge in [-0.05, 0) is 67.5 Å². The van der Waals surface area contributed by atoms with Crippen molar-refractivity contribution in [2.75, 3.05) is 5.32 Å². The van der Waals surface area contributed by atoms with E-state index < -0.39 is 0 Å². The Kier molecular flexibility index (Phi) is 3.14. The first-order valence-corrected chi connectivity index (χ1v) is 8.11. The molecular formula is C19H20N2O. The minimum absolute atomic E-state index is 0.00387. The minimum Gasteiger partial charge on any atom is -0.359 e. The normalized spacial score (nSPS) is 18.2. The van der Waals surface area contributed by atoms with E-state index in [0.29, 0.717) is 0 Å². The summed E-state index contributed by atoms with van der Waals surface area (Å²) in [7, 11) is 0. The molecule has 0 saturated carbocycles. The van der Waals surface area contributed by atoms with Crippen LogP contribution in [0.25, 0.3) is 11.6 Å². The van der Waals surface area contributed by atoms with E-state index in [1.54, 1.807) is 0 Å². The van der Waals surface area contributed by atoms with Crippen LogP contribution >= 0.6 is 0 Å². The van der Waals surface area contributed by atoms with E-state index in [-0.39, 0.29) is 5.91 Å². The van der Waals surface area contributed by atoms with Gasteiger partial charge in [-0.3, -0.25) is 4.79 Å². The van der Waals surface area contributed by atoms with Crippen LogP contribution in [0.15, 0.2) is 24.3 Å². The van der Waals surface area contributed by atoms with E-state index in [1.165, 1.54) is 29.7 Å². The van der Waals surface area contributed by atoms with Crippen LogP contribution < -0.4 is 5.32 Å². The molecule has 1 aliphatic heterocycles. The lowest BCUT2D eigenvalue weighted by molar-refractivity contribution is -0.110. The van der Waals surface area contributed by atoms with Crippen LogP contribution in [0, 0.1) is 0 Å². The highest BCUT2D eigenvalue weighted by atomic mass is 16.2. The quantitative estimate of drug-likeness (QED) is 0.809. The Morgan fingerprint density at radius 3 is 2.86 bits per heavy atom. The molecular weight excluding hydrogens is 272 g/mol. The number of benzene rings is 1. The highest BCUT2D eigenvalue weighted by molar-refractivity contribution is 6.34. The highest BCUT2D eigenvalue weighted by Crippen LogP contribution is 2.34. The minimum atomic E-state index is -0.00387. The van der Waals surface area contributed by atoms with Crippen molar-refractivity contribution >= 4 is 23.2 Å². The second-order valence-electron chi connectivity index (χ2n) is 6.18. The van der Waals surface area contributed by atoms with Gasteiger partial charge in [0.2, 0.25) is 0 Å². The molecule has 2 N–H and O–H groups in total. The predicted octanol–water partition coefficient (Wildman–Crippen LogP) is 3.95. The summed E-state index contributed by atoms with van der Waals surface area (Å²) in [5.41, 5.74) is 7.78. The van der Waals surface area contributed by atoms with Crippen LogP contribution in [0.2, 0.25) is 0 Å². The third-order valence-corrected chi connectivity index (χ3v) is 4.71. The number of fused-ring (bicyclic) bond motifs is 2. The number of anilines is 1. The number of carbonyl (C=O) groups is 1. The SMILES string of the molecule is CCc1ccc2c(c1)C(=Cc1cc3c([nH]1)CCCC3)C(=O)N2. The summed E-state index contributed by atoms with van der Waals surface area (Å²) in [5.74, 6) is -0.00387. The Bertz CT molecular complexity index is 759. The smallest absolute Gasteiger partial charge is 0.256 e. The van der Waals surface area contributed by atoms with E-state index in [2.05, 4.69) is 35.4 Å². The average molecular weight is 292 g/mol. The number of H-pyrrole nitrogens is 1. The summed E-state index contributed by atoms with van der Waals surface area (Å²) in [4.78, 5) is 15.8. The highest BCUT2D eigenvalue weighted by Gasteiger charge is 2.24. The number of hydrogen-bond acceptors (Lipinski definition) is 1. The van der Waals surface area contributed by atoms with Crippen molar-refractivity contribution in [3.05, 3.63) is 52.3 Å². The molecule has 0 atom stereocenters. The number of carbonyl (C=O) groups excluding carboxylic acids is 1. The fourth-order valence-electron chi connectivity index (χ4n) is 3.46. The Labute approximate surface area is 130 Å². The predicted molar refractivity (Wildman–Crippen MR) is 89.8 cm³/mol. The fraction of sp³-hybridized carbons (Fsp3) is 0.316. The van der Waals surface area contributed by atoms with Crippen molar-refractivity contribution in [2.24, 2.45) is 0 Å². The fourth-order valence-corrected chi connectivity index (χ4v) is 3.46.